The van der Waals surface area contributed by atoms with E-state index in [2.05, 4.69) is 10.3 Å². The lowest BCUT2D eigenvalue weighted by Gasteiger charge is -2.29. The van der Waals surface area contributed by atoms with E-state index in [1.165, 1.54) is 0 Å². The Kier molecular flexibility index (Phi) is 5.54. The molecular formula is C24H25ClN2O4. The van der Waals surface area contributed by atoms with Crippen LogP contribution in [0.15, 0.2) is 36.4 Å². The van der Waals surface area contributed by atoms with Crippen molar-refractivity contribution in [1.82, 2.24) is 4.98 Å². The molecule has 1 aliphatic heterocycles. The largest absolute Gasteiger partial charge is 0.490 e. The zero-order valence-corrected chi connectivity index (χ0v) is 18.7. The Morgan fingerprint density at radius 1 is 1.26 bits per heavy atom. The van der Waals surface area contributed by atoms with Crippen molar-refractivity contribution in [3.63, 3.8) is 0 Å². The van der Waals surface area contributed by atoms with E-state index in [0.717, 1.165) is 10.9 Å². The highest BCUT2D eigenvalue weighted by molar-refractivity contribution is 6.37. The van der Waals surface area contributed by atoms with Crippen molar-refractivity contribution in [2.45, 2.75) is 39.4 Å². The van der Waals surface area contributed by atoms with Crippen LogP contribution in [0.4, 0.5) is 5.69 Å². The third kappa shape index (κ3) is 4.05. The SMILES string of the molecule is Cc1nc2ccccc2c(-c2ccc3c(c2Cl)NCCO3)c1[C@H](OC(C)(C)C)C(=O)O. The highest BCUT2D eigenvalue weighted by atomic mass is 35.5. The number of para-hydroxylation sites is 1. The van der Waals surface area contributed by atoms with Crippen molar-refractivity contribution < 1.29 is 19.4 Å². The molecule has 0 aliphatic carbocycles. The summed E-state index contributed by atoms with van der Waals surface area (Å²) in [7, 11) is 0. The second-order valence-electron chi connectivity index (χ2n) is 8.53. The van der Waals surface area contributed by atoms with Gasteiger partial charge in [-0.05, 0) is 45.9 Å². The number of aryl methyl sites for hydroxylation is 1. The zero-order chi connectivity index (χ0) is 22.3. The minimum Gasteiger partial charge on any atom is -0.490 e. The first kappa shape index (κ1) is 21.4. The average molecular weight is 441 g/mol. The quantitative estimate of drug-likeness (QED) is 0.549. The summed E-state index contributed by atoms with van der Waals surface area (Å²) in [6, 6.07) is 11.4. The molecule has 0 spiro atoms. The first-order valence-electron chi connectivity index (χ1n) is 10.2. The van der Waals surface area contributed by atoms with E-state index < -0.39 is 17.7 Å². The Labute approximate surface area is 186 Å². The van der Waals surface area contributed by atoms with Crippen molar-refractivity contribution in [3.8, 4) is 16.9 Å². The van der Waals surface area contributed by atoms with Gasteiger partial charge in [0.15, 0.2) is 6.10 Å². The minimum atomic E-state index is -1.21. The summed E-state index contributed by atoms with van der Waals surface area (Å²) >= 11 is 6.85. The molecule has 162 valence electrons. The van der Waals surface area contributed by atoms with E-state index in [1.54, 1.807) is 6.92 Å². The molecule has 2 aromatic carbocycles. The average Bonchev–Trinajstić information content (AvgIpc) is 2.71. The molecule has 1 atom stereocenters. The van der Waals surface area contributed by atoms with Crippen LogP contribution in [0.3, 0.4) is 0 Å². The number of rotatable bonds is 4. The fourth-order valence-corrected chi connectivity index (χ4v) is 4.24. The standard InChI is InChI=1S/C24H25ClN2O4/c1-13-18(22(23(28)29)31-24(2,3)4)19(14-7-5-6-8-16(14)27-13)15-9-10-17-21(20(15)25)26-11-12-30-17/h5-10,22,26H,11-12H2,1-4H3,(H,28,29)/t22-/m0/s1. The maximum absolute atomic E-state index is 12.3. The molecule has 0 amide bonds. The van der Waals surface area contributed by atoms with Crippen molar-refractivity contribution in [1.29, 1.82) is 0 Å². The van der Waals surface area contributed by atoms with Crippen LogP contribution < -0.4 is 10.1 Å². The second kappa shape index (κ2) is 8.02. The van der Waals surface area contributed by atoms with Crippen molar-refractivity contribution in [2.24, 2.45) is 0 Å². The number of nitrogens with one attached hydrogen (secondary N) is 1. The molecule has 0 saturated heterocycles. The molecule has 0 unspecified atom stereocenters. The van der Waals surface area contributed by atoms with Crippen LogP contribution in [0, 0.1) is 6.92 Å². The topological polar surface area (TPSA) is 80.7 Å². The van der Waals surface area contributed by atoms with E-state index in [9.17, 15) is 9.90 Å². The molecule has 0 fully saturated rings. The molecule has 31 heavy (non-hydrogen) atoms. The first-order chi connectivity index (χ1) is 14.7. The molecule has 6 nitrogen and oxygen atoms in total. The molecule has 0 radical (unpaired) electrons. The van der Waals surface area contributed by atoms with Gasteiger partial charge in [-0.3, -0.25) is 4.98 Å². The van der Waals surface area contributed by atoms with Gasteiger partial charge >= 0.3 is 5.97 Å². The fourth-order valence-electron chi connectivity index (χ4n) is 3.92. The maximum atomic E-state index is 12.3. The van der Waals surface area contributed by atoms with Crippen LogP contribution in [0.25, 0.3) is 22.0 Å². The number of carbonyl (C=O) groups is 1. The molecule has 0 bridgehead atoms. The normalized spacial score (nSPS) is 14.5. The predicted octanol–water partition coefficient (Wildman–Crippen LogP) is 5.61. The van der Waals surface area contributed by atoms with Crippen LogP contribution in [0.2, 0.25) is 5.02 Å². The number of carboxylic acids is 1. The number of ether oxygens (including phenoxy) is 2. The Bertz CT molecular complexity index is 1170. The number of nitrogens with zero attached hydrogens (tertiary/aromatic N) is 1. The maximum Gasteiger partial charge on any atom is 0.337 e. The predicted molar refractivity (Wildman–Crippen MR) is 122 cm³/mol. The second-order valence-corrected chi connectivity index (χ2v) is 8.90. The first-order valence-corrected chi connectivity index (χ1v) is 10.5. The van der Waals surface area contributed by atoms with Gasteiger partial charge in [-0.2, -0.15) is 0 Å². The smallest absolute Gasteiger partial charge is 0.337 e. The van der Waals surface area contributed by atoms with E-state index in [0.29, 0.717) is 52.0 Å². The van der Waals surface area contributed by atoms with Crippen molar-refractivity contribution in [2.75, 3.05) is 18.5 Å². The zero-order valence-electron chi connectivity index (χ0n) is 18.0. The van der Waals surface area contributed by atoms with Crippen LogP contribution >= 0.6 is 11.6 Å². The summed E-state index contributed by atoms with van der Waals surface area (Å²) in [6.45, 7) is 8.51. The Hall–Kier alpha value is -2.83. The van der Waals surface area contributed by atoms with Gasteiger partial charge in [-0.1, -0.05) is 29.8 Å². The summed E-state index contributed by atoms with van der Waals surface area (Å²) in [5.74, 6) is -0.399. The molecule has 2 heterocycles. The third-order valence-corrected chi connectivity index (χ3v) is 5.51. The molecule has 7 heteroatoms. The highest BCUT2D eigenvalue weighted by Crippen LogP contribution is 2.46. The van der Waals surface area contributed by atoms with Crippen LogP contribution in [-0.2, 0) is 9.53 Å². The van der Waals surface area contributed by atoms with Gasteiger partial charge in [0.1, 0.15) is 12.4 Å². The molecular weight excluding hydrogens is 416 g/mol. The van der Waals surface area contributed by atoms with Gasteiger partial charge in [-0.15, -0.1) is 0 Å². The summed E-state index contributed by atoms with van der Waals surface area (Å²) in [6.07, 6.45) is -1.21. The number of halogens is 1. The lowest BCUT2D eigenvalue weighted by molar-refractivity contribution is -0.160. The Morgan fingerprint density at radius 2 is 2.00 bits per heavy atom. The van der Waals surface area contributed by atoms with Gasteiger partial charge < -0.3 is 19.9 Å². The number of benzene rings is 2. The number of hydrogen-bond donors (Lipinski definition) is 2. The number of aromatic nitrogens is 1. The lowest BCUT2D eigenvalue weighted by atomic mass is 9.90. The minimum absolute atomic E-state index is 0.481. The van der Waals surface area contributed by atoms with E-state index >= 15 is 0 Å². The van der Waals surface area contributed by atoms with E-state index in [1.807, 2.05) is 57.2 Å². The number of carboxylic acid groups (broad SMARTS) is 1. The number of fused-ring (bicyclic) bond motifs is 2. The van der Waals surface area contributed by atoms with Gasteiger partial charge in [0, 0.05) is 34.3 Å². The molecule has 4 rings (SSSR count). The van der Waals surface area contributed by atoms with Gasteiger partial charge in [0.05, 0.1) is 21.8 Å². The molecule has 3 aromatic rings. The van der Waals surface area contributed by atoms with Crippen molar-refractivity contribution >= 4 is 34.2 Å². The van der Waals surface area contributed by atoms with Gasteiger partial charge in [0.2, 0.25) is 0 Å². The summed E-state index contributed by atoms with van der Waals surface area (Å²) in [5, 5.41) is 14.7. The molecule has 0 saturated carbocycles. The van der Waals surface area contributed by atoms with Crippen LogP contribution in [-0.4, -0.2) is 34.8 Å². The molecule has 1 aliphatic rings. The molecule has 1 aromatic heterocycles. The van der Waals surface area contributed by atoms with E-state index in [-0.39, 0.29) is 0 Å². The lowest BCUT2D eigenvalue weighted by Crippen LogP contribution is -2.28. The summed E-state index contributed by atoms with van der Waals surface area (Å²) in [4.78, 5) is 17.0. The van der Waals surface area contributed by atoms with Crippen LogP contribution in [0.5, 0.6) is 5.75 Å². The molecule has 2 N–H and O–H groups in total. The summed E-state index contributed by atoms with van der Waals surface area (Å²) in [5.41, 5.74) is 3.30. The number of pyridine rings is 1. The fraction of sp³-hybridized carbons (Fsp3) is 0.333. The number of anilines is 1. The van der Waals surface area contributed by atoms with Gasteiger partial charge in [-0.25, -0.2) is 4.79 Å². The van der Waals surface area contributed by atoms with Gasteiger partial charge in [0.25, 0.3) is 0 Å². The highest BCUT2D eigenvalue weighted by Gasteiger charge is 2.33. The third-order valence-electron chi connectivity index (χ3n) is 5.11. The number of hydrogen-bond acceptors (Lipinski definition) is 5. The van der Waals surface area contributed by atoms with Crippen molar-refractivity contribution in [3.05, 3.63) is 52.7 Å². The van der Waals surface area contributed by atoms with Crippen LogP contribution in [0.1, 0.15) is 38.1 Å². The Balaban J connectivity index is 2.06. The monoisotopic (exact) mass is 440 g/mol. The Morgan fingerprint density at radius 3 is 2.71 bits per heavy atom. The van der Waals surface area contributed by atoms with E-state index in [4.69, 9.17) is 21.1 Å². The number of aliphatic carboxylic acids is 1. The summed E-state index contributed by atoms with van der Waals surface area (Å²) < 4.78 is 11.7.